The number of rotatable bonds is 4. The van der Waals surface area contributed by atoms with E-state index in [4.69, 9.17) is 4.74 Å². The van der Waals surface area contributed by atoms with E-state index in [9.17, 15) is 4.39 Å². The van der Waals surface area contributed by atoms with Crippen LogP contribution >= 0.6 is 0 Å². The van der Waals surface area contributed by atoms with Crippen molar-refractivity contribution in [2.45, 2.75) is 12.6 Å². The number of alkyl halides is 1. The van der Waals surface area contributed by atoms with E-state index >= 15 is 0 Å². The molecule has 4 rings (SSSR count). The second-order valence-corrected chi connectivity index (χ2v) is 6.31. The minimum Gasteiger partial charge on any atom is -0.476 e. The van der Waals surface area contributed by atoms with Crippen LogP contribution in [0.3, 0.4) is 0 Å². The Hall–Kier alpha value is -2.61. The molecule has 4 heterocycles. The maximum atomic E-state index is 13.5. The lowest BCUT2D eigenvalue weighted by atomic mass is 9.99. The van der Waals surface area contributed by atoms with Crippen molar-refractivity contribution in [3.05, 3.63) is 30.9 Å². The van der Waals surface area contributed by atoms with Gasteiger partial charge in [0.05, 0.1) is 24.0 Å². The van der Waals surface area contributed by atoms with Crippen LogP contribution < -0.4 is 10.1 Å². The summed E-state index contributed by atoms with van der Waals surface area (Å²) in [6.45, 7) is 1.55. The molecule has 0 radical (unpaired) electrons. The fourth-order valence-electron chi connectivity index (χ4n) is 3.04. The molecule has 25 heavy (non-hydrogen) atoms. The minimum absolute atomic E-state index is 0.110. The molecule has 0 saturated carbocycles. The average Bonchev–Trinajstić information content (AvgIpc) is 3.06. The molecule has 1 fully saturated rings. The van der Waals surface area contributed by atoms with Crippen molar-refractivity contribution in [1.29, 1.82) is 0 Å². The number of aryl methyl sites for hydroxylation is 1. The first-order valence-corrected chi connectivity index (χ1v) is 8.27. The van der Waals surface area contributed by atoms with E-state index in [1.807, 2.05) is 19.3 Å². The van der Waals surface area contributed by atoms with Gasteiger partial charge in [-0.05, 0) is 12.5 Å². The van der Waals surface area contributed by atoms with Crippen LogP contribution in [0, 0.1) is 5.92 Å². The second kappa shape index (κ2) is 6.72. The van der Waals surface area contributed by atoms with Crippen LogP contribution in [-0.4, -0.2) is 50.6 Å². The van der Waals surface area contributed by atoms with Crippen molar-refractivity contribution in [2.75, 3.05) is 19.7 Å². The monoisotopic (exact) mass is 342 g/mol. The Labute approximate surface area is 144 Å². The molecule has 2 atom stereocenters. The van der Waals surface area contributed by atoms with Crippen molar-refractivity contribution in [3.63, 3.8) is 0 Å². The van der Waals surface area contributed by atoms with Gasteiger partial charge in [0.2, 0.25) is 5.88 Å². The van der Waals surface area contributed by atoms with Crippen LogP contribution in [-0.2, 0) is 7.05 Å². The minimum atomic E-state index is -0.825. The zero-order valence-electron chi connectivity index (χ0n) is 13.9. The van der Waals surface area contributed by atoms with Crippen LogP contribution in [0.2, 0.25) is 0 Å². The van der Waals surface area contributed by atoms with Gasteiger partial charge in [0, 0.05) is 50.2 Å². The van der Waals surface area contributed by atoms with E-state index in [1.54, 1.807) is 23.3 Å². The highest BCUT2D eigenvalue weighted by atomic mass is 19.1. The van der Waals surface area contributed by atoms with Gasteiger partial charge in [0.15, 0.2) is 5.52 Å². The van der Waals surface area contributed by atoms with E-state index in [-0.39, 0.29) is 5.92 Å². The Kier molecular flexibility index (Phi) is 4.27. The number of pyridine rings is 1. The van der Waals surface area contributed by atoms with Crippen molar-refractivity contribution in [2.24, 2.45) is 13.0 Å². The molecule has 130 valence electrons. The fraction of sp³-hybridized carbons (Fsp3) is 0.412. The number of halogens is 1. The lowest BCUT2D eigenvalue weighted by molar-refractivity contribution is 0.158. The second-order valence-electron chi connectivity index (χ2n) is 6.31. The van der Waals surface area contributed by atoms with Crippen molar-refractivity contribution in [3.8, 4) is 17.1 Å². The molecule has 0 amide bonds. The van der Waals surface area contributed by atoms with E-state index in [0.29, 0.717) is 36.5 Å². The van der Waals surface area contributed by atoms with Gasteiger partial charge in [-0.2, -0.15) is 5.10 Å². The Morgan fingerprint density at radius 3 is 3.00 bits per heavy atom. The maximum Gasteiger partial charge on any atom is 0.242 e. The average molecular weight is 342 g/mol. The molecule has 1 saturated heterocycles. The molecule has 0 unspecified atom stereocenters. The molecular weight excluding hydrogens is 323 g/mol. The van der Waals surface area contributed by atoms with E-state index in [0.717, 1.165) is 17.8 Å². The quantitative estimate of drug-likeness (QED) is 0.778. The summed E-state index contributed by atoms with van der Waals surface area (Å²) in [5.74, 6) is 0.532. The van der Waals surface area contributed by atoms with Gasteiger partial charge in [-0.15, -0.1) is 0 Å². The number of nitrogens with one attached hydrogen (secondary N) is 1. The standard InChI is InChI=1S/C17H19FN6O/c1-24-9-12(7-22-24)14-5-15-16(21-3-2-20-15)17(23-14)25-10-11-4-13(18)8-19-6-11/h2-3,5,7,9,11,13,19H,4,6,8,10H2,1H3/t11-,13+/m1/s1. The van der Waals surface area contributed by atoms with Crippen molar-refractivity contribution in [1.82, 2.24) is 30.0 Å². The fourth-order valence-corrected chi connectivity index (χ4v) is 3.04. The molecule has 3 aromatic rings. The number of piperidine rings is 1. The van der Waals surface area contributed by atoms with Gasteiger partial charge >= 0.3 is 0 Å². The van der Waals surface area contributed by atoms with Gasteiger partial charge < -0.3 is 10.1 Å². The summed E-state index contributed by atoms with van der Waals surface area (Å²) >= 11 is 0. The summed E-state index contributed by atoms with van der Waals surface area (Å²) in [6.07, 6.45) is 6.55. The molecule has 0 aromatic carbocycles. The van der Waals surface area contributed by atoms with Crippen LogP contribution in [0.15, 0.2) is 30.9 Å². The van der Waals surface area contributed by atoms with E-state index < -0.39 is 6.17 Å². The molecule has 1 N–H and O–H groups in total. The first-order chi connectivity index (χ1) is 12.2. The van der Waals surface area contributed by atoms with Crippen molar-refractivity contribution >= 4 is 11.0 Å². The number of aromatic nitrogens is 5. The summed E-state index contributed by atoms with van der Waals surface area (Å²) in [4.78, 5) is 13.3. The molecule has 1 aliphatic heterocycles. The number of hydrogen-bond donors (Lipinski definition) is 1. The lowest BCUT2D eigenvalue weighted by Crippen LogP contribution is -2.39. The normalized spacial score (nSPS) is 20.7. The molecule has 0 spiro atoms. The van der Waals surface area contributed by atoms with Gasteiger partial charge in [0.1, 0.15) is 6.17 Å². The van der Waals surface area contributed by atoms with Gasteiger partial charge in [-0.1, -0.05) is 0 Å². The largest absolute Gasteiger partial charge is 0.476 e. The molecule has 1 aliphatic rings. The molecule has 7 nitrogen and oxygen atoms in total. The van der Waals surface area contributed by atoms with Gasteiger partial charge in [-0.3, -0.25) is 9.67 Å². The van der Waals surface area contributed by atoms with Crippen LogP contribution in [0.5, 0.6) is 5.88 Å². The molecule has 0 bridgehead atoms. The Bertz CT molecular complexity index is 882. The van der Waals surface area contributed by atoms with E-state index in [2.05, 4.69) is 25.4 Å². The number of ether oxygens (including phenoxy) is 1. The highest BCUT2D eigenvalue weighted by Gasteiger charge is 2.22. The molecule has 0 aliphatic carbocycles. The Morgan fingerprint density at radius 2 is 2.20 bits per heavy atom. The zero-order valence-corrected chi connectivity index (χ0v) is 13.9. The summed E-state index contributed by atoms with van der Waals surface area (Å²) in [6, 6.07) is 1.87. The summed E-state index contributed by atoms with van der Waals surface area (Å²) in [7, 11) is 1.85. The molecule has 8 heteroatoms. The third-order valence-electron chi connectivity index (χ3n) is 4.27. The van der Waals surface area contributed by atoms with Crippen LogP contribution in [0.1, 0.15) is 6.42 Å². The van der Waals surface area contributed by atoms with Gasteiger partial charge in [-0.25, -0.2) is 14.4 Å². The third-order valence-corrected chi connectivity index (χ3v) is 4.27. The topological polar surface area (TPSA) is 77.8 Å². The number of nitrogens with zero attached hydrogens (tertiary/aromatic N) is 5. The molecule has 3 aromatic heterocycles. The van der Waals surface area contributed by atoms with Crippen molar-refractivity contribution < 1.29 is 9.13 Å². The maximum absolute atomic E-state index is 13.5. The smallest absolute Gasteiger partial charge is 0.242 e. The predicted octanol–water partition coefficient (Wildman–Crippen LogP) is 1.75. The Morgan fingerprint density at radius 1 is 1.32 bits per heavy atom. The highest BCUT2D eigenvalue weighted by molar-refractivity contribution is 5.83. The summed E-state index contributed by atoms with van der Waals surface area (Å²) in [5.41, 5.74) is 2.91. The first kappa shape index (κ1) is 15.9. The van der Waals surface area contributed by atoms with Crippen LogP contribution in [0.25, 0.3) is 22.3 Å². The number of hydrogen-bond acceptors (Lipinski definition) is 6. The number of fused-ring (bicyclic) bond motifs is 1. The highest BCUT2D eigenvalue weighted by Crippen LogP contribution is 2.27. The summed E-state index contributed by atoms with van der Waals surface area (Å²) < 4.78 is 21.2. The predicted molar refractivity (Wildman–Crippen MR) is 90.9 cm³/mol. The van der Waals surface area contributed by atoms with Gasteiger partial charge in [0.25, 0.3) is 0 Å². The zero-order chi connectivity index (χ0) is 17.2. The lowest BCUT2D eigenvalue weighted by Gasteiger charge is -2.25. The van der Waals surface area contributed by atoms with Crippen LogP contribution in [0.4, 0.5) is 4.39 Å². The Balaban J connectivity index is 1.64. The van der Waals surface area contributed by atoms with E-state index in [1.165, 1.54) is 0 Å². The summed E-state index contributed by atoms with van der Waals surface area (Å²) in [5, 5.41) is 7.26. The first-order valence-electron chi connectivity index (χ1n) is 8.27. The molecular formula is C17H19FN6O. The third kappa shape index (κ3) is 3.43. The SMILES string of the molecule is Cn1cc(-c2cc3nccnc3c(OC[C@H]3CNC[C@@H](F)C3)n2)cn1.